The standard InChI is InChI=1S/C18H18ClFN2O4S/c1-11(22-18(24)16-8-13(25-2)10-27-16)5-6-21-17(23)9-26-12-3-4-14(19)15(20)7-12/h3-4,7-8,10H,1,5-6,9H2,2H3,(H,21,23)(H,22,24). The molecule has 2 rings (SSSR count). The fourth-order valence-corrected chi connectivity index (χ4v) is 2.82. The molecule has 1 aromatic heterocycles. The molecule has 0 radical (unpaired) electrons. The third-order valence-electron chi connectivity index (χ3n) is 3.34. The van der Waals surface area contributed by atoms with Crippen LogP contribution >= 0.6 is 22.9 Å². The molecular weight excluding hydrogens is 395 g/mol. The number of nitrogens with one attached hydrogen (secondary N) is 2. The first kappa shape index (κ1) is 20.7. The molecule has 0 spiro atoms. The summed E-state index contributed by atoms with van der Waals surface area (Å²) in [4.78, 5) is 24.3. The Kier molecular flexibility index (Phi) is 7.63. The zero-order chi connectivity index (χ0) is 19.8. The van der Waals surface area contributed by atoms with Crippen molar-refractivity contribution in [2.75, 3.05) is 20.3 Å². The number of ether oxygens (including phenoxy) is 2. The van der Waals surface area contributed by atoms with Crippen LogP contribution in [0.3, 0.4) is 0 Å². The number of amides is 2. The normalized spacial score (nSPS) is 10.2. The van der Waals surface area contributed by atoms with Gasteiger partial charge in [0.05, 0.1) is 17.0 Å². The Morgan fingerprint density at radius 3 is 2.74 bits per heavy atom. The summed E-state index contributed by atoms with van der Waals surface area (Å²) in [5.74, 6) is -0.469. The molecule has 27 heavy (non-hydrogen) atoms. The van der Waals surface area contributed by atoms with Crippen molar-refractivity contribution in [1.82, 2.24) is 10.6 Å². The molecule has 0 aliphatic heterocycles. The largest absolute Gasteiger partial charge is 0.496 e. The van der Waals surface area contributed by atoms with Crippen molar-refractivity contribution >= 4 is 34.8 Å². The van der Waals surface area contributed by atoms with Gasteiger partial charge in [-0.15, -0.1) is 11.3 Å². The Bertz CT molecular complexity index is 841. The summed E-state index contributed by atoms with van der Waals surface area (Å²) in [6.45, 7) is 3.76. The van der Waals surface area contributed by atoms with E-state index in [0.29, 0.717) is 22.7 Å². The van der Waals surface area contributed by atoms with Crippen molar-refractivity contribution in [3.8, 4) is 11.5 Å². The molecule has 0 aliphatic rings. The highest BCUT2D eigenvalue weighted by atomic mass is 35.5. The van der Waals surface area contributed by atoms with Gasteiger partial charge in [0.15, 0.2) is 6.61 Å². The third-order valence-corrected chi connectivity index (χ3v) is 4.55. The van der Waals surface area contributed by atoms with Gasteiger partial charge in [-0.1, -0.05) is 18.2 Å². The second-order valence-corrected chi connectivity index (χ2v) is 6.69. The van der Waals surface area contributed by atoms with Gasteiger partial charge in [0.1, 0.15) is 17.3 Å². The van der Waals surface area contributed by atoms with Gasteiger partial charge in [-0.25, -0.2) is 4.39 Å². The lowest BCUT2D eigenvalue weighted by Gasteiger charge is -2.10. The van der Waals surface area contributed by atoms with E-state index in [4.69, 9.17) is 21.1 Å². The van der Waals surface area contributed by atoms with Crippen molar-refractivity contribution in [2.45, 2.75) is 6.42 Å². The molecule has 0 saturated heterocycles. The van der Waals surface area contributed by atoms with E-state index in [2.05, 4.69) is 17.2 Å². The lowest BCUT2D eigenvalue weighted by molar-refractivity contribution is -0.123. The Morgan fingerprint density at radius 1 is 1.30 bits per heavy atom. The van der Waals surface area contributed by atoms with Gasteiger partial charge in [-0.05, 0) is 12.1 Å². The number of rotatable bonds is 9. The first-order valence-electron chi connectivity index (χ1n) is 7.85. The molecule has 1 heterocycles. The average Bonchev–Trinajstić information content (AvgIpc) is 3.12. The van der Waals surface area contributed by atoms with Gasteiger partial charge in [0, 0.05) is 36.2 Å². The molecule has 2 amide bonds. The highest BCUT2D eigenvalue weighted by Gasteiger charge is 2.11. The molecule has 0 saturated carbocycles. The van der Waals surface area contributed by atoms with Crippen LogP contribution in [0.15, 0.2) is 41.9 Å². The lowest BCUT2D eigenvalue weighted by atomic mass is 10.3. The maximum Gasteiger partial charge on any atom is 0.265 e. The van der Waals surface area contributed by atoms with Gasteiger partial charge in [0.2, 0.25) is 0 Å². The van der Waals surface area contributed by atoms with Gasteiger partial charge < -0.3 is 20.1 Å². The van der Waals surface area contributed by atoms with Crippen LogP contribution in [0.1, 0.15) is 16.1 Å². The number of benzene rings is 1. The van der Waals surface area contributed by atoms with Crippen LogP contribution in [0.5, 0.6) is 11.5 Å². The SMILES string of the molecule is C=C(CCNC(=O)COc1ccc(Cl)c(F)c1)NC(=O)c1cc(OC)cs1. The molecule has 0 aliphatic carbocycles. The molecule has 1 aromatic carbocycles. The van der Waals surface area contributed by atoms with Crippen LogP contribution in [0.25, 0.3) is 0 Å². The van der Waals surface area contributed by atoms with Crippen LogP contribution in [0.4, 0.5) is 4.39 Å². The average molecular weight is 413 g/mol. The number of halogens is 2. The monoisotopic (exact) mass is 412 g/mol. The molecule has 0 bridgehead atoms. The van der Waals surface area contributed by atoms with Crippen molar-refractivity contribution in [2.24, 2.45) is 0 Å². The Hall–Kier alpha value is -2.58. The maximum absolute atomic E-state index is 13.3. The zero-order valence-corrected chi connectivity index (χ0v) is 16.1. The van der Waals surface area contributed by atoms with Crippen molar-refractivity contribution < 1.29 is 23.5 Å². The second kappa shape index (κ2) is 9.94. The van der Waals surface area contributed by atoms with Gasteiger partial charge in [-0.3, -0.25) is 9.59 Å². The van der Waals surface area contributed by atoms with Crippen LogP contribution in [0.2, 0.25) is 5.02 Å². The summed E-state index contributed by atoms with van der Waals surface area (Å²) in [5.41, 5.74) is 0.466. The lowest BCUT2D eigenvalue weighted by Crippen LogP contribution is -2.31. The van der Waals surface area contributed by atoms with E-state index in [1.807, 2.05) is 0 Å². The van der Waals surface area contributed by atoms with E-state index in [0.717, 1.165) is 6.07 Å². The number of methoxy groups -OCH3 is 1. The summed E-state index contributed by atoms with van der Waals surface area (Å²) >= 11 is 6.83. The number of hydrogen-bond acceptors (Lipinski definition) is 5. The smallest absolute Gasteiger partial charge is 0.265 e. The topological polar surface area (TPSA) is 76.7 Å². The van der Waals surface area contributed by atoms with Crippen molar-refractivity contribution in [3.05, 3.63) is 57.6 Å². The van der Waals surface area contributed by atoms with Crippen molar-refractivity contribution in [3.63, 3.8) is 0 Å². The van der Waals surface area contributed by atoms with E-state index in [-0.39, 0.29) is 35.7 Å². The minimum Gasteiger partial charge on any atom is -0.496 e. The predicted octanol–water partition coefficient (Wildman–Crippen LogP) is 3.38. The van der Waals surface area contributed by atoms with Gasteiger partial charge in [0.25, 0.3) is 11.8 Å². The number of carbonyl (C=O) groups is 2. The molecule has 0 fully saturated rings. The Labute approximate surface area is 164 Å². The number of carbonyl (C=O) groups excluding carboxylic acids is 2. The second-order valence-electron chi connectivity index (χ2n) is 5.37. The predicted molar refractivity (Wildman–Crippen MR) is 102 cm³/mol. The first-order chi connectivity index (χ1) is 12.9. The highest BCUT2D eigenvalue weighted by molar-refractivity contribution is 7.12. The highest BCUT2D eigenvalue weighted by Crippen LogP contribution is 2.21. The molecule has 0 unspecified atom stereocenters. The number of hydrogen-bond donors (Lipinski definition) is 2. The van der Waals surface area contributed by atoms with Crippen LogP contribution in [0, 0.1) is 5.82 Å². The minimum absolute atomic E-state index is 0.0200. The Balaban J connectivity index is 1.67. The van der Waals surface area contributed by atoms with E-state index in [9.17, 15) is 14.0 Å². The first-order valence-corrected chi connectivity index (χ1v) is 9.11. The third kappa shape index (κ3) is 6.58. The maximum atomic E-state index is 13.3. The van der Waals surface area contributed by atoms with Crippen LogP contribution < -0.4 is 20.1 Å². The summed E-state index contributed by atoms with van der Waals surface area (Å²) < 4.78 is 23.5. The summed E-state index contributed by atoms with van der Waals surface area (Å²) in [6.07, 6.45) is 0.357. The van der Waals surface area contributed by atoms with E-state index < -0.39 is 5.82 Å². The van der Waals surface area contributed by atoms with Gasteiger partial charge in [-0.2, -0.15) is 0 Å². The molecule has 144 valence electrons. The molecule has 2 aromatic rings. The summed E-state index contributed by atoms with van der Waals surface area (Å²) in [5, 5.41) is 6.99. The van der Waals surface area contributed by atoms with E-state index >= 15 is 0 Å². The molecule has 6 nitrogen and oxygen atoms in total. The number of thiophene rings is 1. The zero-order valence-electron chi connectivity index (χ0n) is 14.5. The molecule has 9 heteroatoms. The van der Waals surface area contributed by atoms with Crippen molar-refractivity contribution in [1.29, 1.82) is 0 Å². The molecular formula is C18H18ClFN2O4S. The molecule has 0 atom stereocenters. The van der Waals surface area contributed by atoms with Crippen LogP contribution in [-0.4, -0.2) is 32.1 Å². The van der Waals surface area contributed by atoms with Crippen LogP contribution in [-0.2, 0) is 4.79 Å². The fourth-order valence-electron chi connectivity index (χ4n) is 1.95. The minimum atomic E-state index is -0.620. The molecule has 2 N–H and O–H groups in total. The quantitative estimate of drug-likeness (QED) is 0.662. The van der Waals surface area contributed by atoms with E-state index in [1.165, 1.54) is 30.6 Å². The fraction of sp³-hybridized carbons (Fsp3) is 0.222. The summed E-state index contributed by atoms with van der Waals surface area (Å²) in [6, 6.07) is 5.55. The Morgan fingerprint density at radius 2 is 2.07 bits per heavy atom. The van der Waals surface area contributed by atoms with E-state index in [1.54, 1.807) is 11.4 Å². The van der Waals surface area contributed by atoms with Gasteiger partial charge >= 0.3 is 0 Å². The summed E-state index contributed by atoms with van der Waals surface area (Å²) in [7, 11) is 1.53.